The van der Waals surface area contributed by atoms with Crippen LogP contribution in [0.4, 0.5) is 0 Å². The summed E-state index contributed by atoms with van der Waals surface area (Å²) in [5, 5.41) is 0.0962. The van der Waals surface area contributed by atoms with Crippen molar-refractivity contribution in [1.82, 2.24) is 0 Å². The lowest BCUT2D eigenvalue weighted by atomic mass is 10.3. The fourth-order valence-electron chi connectivity index (χ4n) is 2.24. The molecule has 0 aliphatic carbocycles. The van der Waals surface area contributed by atoms with Gasteiger partial charge < -0.3 is 13.6 Å². The van der Waals surface area contributed by atoms with Gasteiger partial charge in [0.25, 0.3) is 0 Å². The molecular weight excluding hydrogens is 630 g/mol. The van der Waals surface area contributed by atoms with Gasteiger partial charge in [0.15, 0.2) is 17.2 Å². The van der Waals surface area contributed by atoms with Crippen molar-refractivity contribution in [2.24, 2.45) is 0 Å². The Morgan fingerprint density at radius 3 is 0.812 bits per heavy atom. The molecule has 14 heteroatoms. The monoisotopic (exact) mass is 632 g/mol. The second-order valence-corrected chi connectivity index (χ2v) is 11.0. The first kappa shape index (κ1) is 26.5. The quantitative estimate of drug-likeness (QED) is 0.253. The maximum absolute atomic E-state index is 13.8. The largest absolute Gasteiger partial charge is 0.647 e. The van der Waals surface area contributed by atoms with Crippen LogP contribution in [0.15, 0.2) is 36.4 Å². The first-order chi connectivity index (χ1) is 14.9. The van der Waals surface area contributed by atoms with Crippen LogP contribution in [0.1, 0.15) is 0 Å². The van der Waals surface area contributed by atoms with Crippen LogP contribution >= 0.6 is 112 Å². The first-order valence-electron chi connectivity index (χ1n) is 8.01. The molecule has 0 aromatic heterocycles. The third kappa shape index (κ3) is 6.31. The van der Waals surface area contributed by atoms with Crippen LogP contribution in [0, 0.1) is 0 Å². The molecule has 0 N–H and O–H groups in total. The van der Waals surface area contributed by atoms with Gasteiger partial charge in [-0.25, -0.2) is 0 Å². The van der Waals surface area contributed by atoms with Crippen molar-refractivity contribution in [1.29, 1.82) is 0 Å². The lowest BCUT2D eigenvalue weighted by Crippen LogP contribution is -2.09. The number of hydrogen-bond acceptors (Lipinski definition) is 4. The second kappa shape index (κ2) is 10.7. The molecule has 0 saturated heterocycles. The minimum absolute atomic E-state index is 0.0866. The summed E-state index contributed by atoms with van der Waals surface area (Å²) < 4.78 is 30.3. The Balaban J connectivity index is 2.12. The van der Waals surface area contributed by atoms with E-state index in [4.69, 9.17) is 118 Å². The molecule has 0 radical (unpaired) electrons. The molecule has 0 fully saturated rings. The Kier molecular flexibility index (Phi) is 8.83. The van der Waals surface area contributed by atoms with Gasteiger partial charge in [-0.2, -0.15) is 4.57 Å². The summed E-state index contributed by atoms with van der Waals surface area (Å²) in [6.07, 6.45) is 0. The molecule has 32 heavy (non-hydrogen) atoms. The van der Waals surface area contributed by atoms with Crippen LogP contribution in [0.5, 0.6) is 17.2 Å². The summed E-state index contributed by atoms with van der Waals surface area (Å²) in [6, 6.07) is 7.83. The van der Waals surface area contributed by atoms with Gasteiger partial charge in [-0.05, 0) is 36.4 Å². The van der Waals surface area contributed by atoms with Gasteiger partial charge >= 0.3 is 7.82 Å². The van der Waals surface area contributed by atoms with Crippen molar-refractivity contribution < 1.29 is 18.1 Å². The molecule has 0 atom stereocenters. The number of halogens is 9. The van der Waals surface area contributed by atoms with Gasteiger partial charge in [0.1, 0.15) is 0 Å². The lowest BCUT2D eigenvalue weighted by molar-refractivity contribution is 0.298. The van der Waals surface area contributed by atoms with Crippen LogP contribution in [0.3, 0.4) is 0 Å². The van der Waals surface area contributed by atoms with E-state index >= 15 is 0 Å². The average molecular weight is 636 g/mol. The number of phosphoric ester groups is 1. The summed E-state index contributed by atoms with van der Waals surface area (Å²) in [6.45, 7) is 0. The molecule has 0 saturated carbocycles. The van der Waals surface area contributed by atoms with E-state index in [9.17, 15) is 4.57 Å². The van der Waals surface area contributed by atoms with Gasteiger partial charge in [0, 0.05) is 15.1 Å². The summed E-state index contributed by atoms with van der Waals surface area (Å²) >= 11 is 54.6. The number of phosphoric acid groups is 1. The molecule has 3 aromatic carbocycles. The minimum atomic E-state index is -4.73. The van der Waals surface area contributed by atoms with Crippen LogP contribution in [-0.2, 0) is 4.57 Å². The summed E-state index contributed by atoms with van der Waals surface area (Å²) in [5.41, 5.74) is 0. The zero-order valence-corrected chi connectivity index (χ0v) is 22.6. The molecule has 0 aliphatic heterocycles. The predicted octanol–water partition coefficient (Wildman–Crippen LogP) is 11.2. The Bertz CT molecular complexity index is 1030. The maximum atomic E-state index is 13.8. The second-order valence-electron chi connectivity index (χ2n) is 5.82. The highest BCUT2D eigenvalue weighted by molar-refractivity contribution is 7.49. The van der Waals surface area contributed by atoms with Crippen molar-refractivity contribution in [3.8, 4) is 17.2 Å². The van der Waals surface area contributed by atoms with E-state index in [1.165, 1.54) is 36.4 Å². The van der Waals surface area contributed by atoms with Gasteiger partial charge in [-0.1, -0.05) is 104 Å². The van der Waals surface area contributed by atoms with Crippen molar-refractivity contribution in [2.45, 2.75) is 0 Å². The molecule has 3 aromatic rings. The van der Waals surface area contributed by atoms with Crippen molar-refractivity contribution >= 4 is 112 Å². The Hall–Kier alpha value is -0.100. The van der Waals surface area contributed by atoms with E-state index in [1.54, 1.807) is 0 Å². The molecule has 0 aliphatic rings. The predicted molar refractivity (Wildman–Crippen MR) is 134 cm³/mol. The standard InChI is InChI=1S/C18H6Cl9O4P/c19-7-1-10(22)16(11(23)2-7)29-32(28,30-17-12(24)3-8(20)4-13(17)25)31-18-14(26)5-9(21)6-15(18)27/h1-6H. The molecular formula is C18H6Cl9O4P. The summed E-state index contributed by atoms with van der Waals surface area (Å²) in [7, 11) is -4.73. The third-order valence-corrected chi connectivity index (χ3v) is 7.06. The van der Waals surface area contributed by atoms with Gasteiger partial charge in [0.05, 0.1) is 30.1 Å². The van der Waals surface area contributed by atoms with E-state index in [0.717, 1.165) is 0 Å². The van der Waals surface area contributed by atoms with Crippen LogP contribution in [-0.4, -0.2) is 0 Å². The fourth-order valence-corrected chi connectivity index (χ4v) is 6.62. The summed E-state index contributed by atoms with van der Waals surface area (Å²) in [4.78, 5) is 0. The zero-order chi connectivity index (χ0) is 23.8. The average Bonchev–Trinajstić information content (AvgIpc) is 2.64. The van der Waals surface area contributed by atoms with E-state index in [0.29, 0.717) is 0 Å². The maximum Gasteiger partial charge on any atom is 0.647 e. The van der Waals surface area contributed by atoms with Gasteiger partial charge in [-0.3, -0.25) is 0 Å². The van der Waals surface area contributed by atoms with E-state index in [1.807, 2.05) is 0 Å². The normalized spacial score (nSPS) is 11.4. The fraction of sp³-hybridized carbons (Fsp3) is 0. The number of rotatable bonds is 6. The molecule has 4 nitrogen and oxygen atoms in total. The first-order valence-corrected chi connectivity index (χ1v) is 12.9. The molecule has 0 amide bonds. The molecule has 0 spiro atoms. The summed E-state index contributed by atoms with van der Waals surface area (Å²) in [5.74, 6) is -0.782. The van der Waals surface area contributed by atoms with Gasteiger partial charge in [0.2, 0.25) is 0 Å². The van der Waals surface area contributed by atoms with Crippen LogP contribution < -0.4 is 13.6 Å². The van der Waals surface area contributed by atoms with Crippen molar-refractivity contribution in [3.05, 3.63) is 81.6 Å². The van der Waals surface area contributed by atoms with Gasteiger partial charge in [-0.15, -0.1) is 0 Å². The minimum Gasteiger partial charge on any atom is -0.383 e. The highest BCUT2D eigenvalue weighted by Crippen LogP contribution is 2.57. The Morgan fingerprint density at radius 1 is 0.438 bits per heavy atom. The highest BCUT2D eigenvalue weighted by Gasteiger charge is 2.38. The van der Waals surface area contributed by atoms with Crippen molar-refractivity contribution in [3.63, 3.8) is 0 Å². The number of benzene rings is 3. The van der Waals surface area contributed by atoms with E-state index < -0.39 is 7.82 Å². The molecule has 0 unspecified atom stereocenters. The number of hydrogen-bond donors (Lipinski definition) is 0. The molecule has 0 bridgehead atoms. The topological polar surface area (TPSA) is 44.8 Å². The van der Waals surface area contributed by atoms with E-state index in [-0.39, 0.29) is 62.5 Å². The van der Waals surface area contributed by atoms with E-state index in [2.05, 4.69) is 0 Å². The van der Waals surface area contributed by atoms with Crippen molar-refractivity contribution in [2.75, 3.05) is 0 Å². The SMILES string of the molecule is O=P(Oc1c(Cl)cc(Cl)cc1Cl)(Oc1c(Cl)cc(Cl)cc1Cl)Oc1c(Cl)cc(Cl)cc1Cl. The highest BCUT2D eigenvalue weighted by atomic mass is 35.5. The molecule has 3 rings (SSSR count). The third-order valence-electron chi connectivity index (χ3n) is 3.50. The molecule has 170 valence electrons. The lowest BCUT2D eigenvalue weighted by Gasteiger charge is -2.22. The smallest absolute Gasteiger partial charge is 0.383 e. The van der Waals surface area contributed by atoms with Crippen LogP contribution in [0.25, 0.3) is 0 Å². The molecule has 0 heterocycles. The Morgan fingerprint density at radius 2 is 0.625 bits per heavy atom. The zero-order valence-electron chi connectivity index (χ0n) is 14.9. The Labute approximate surface area is 227 Å². The van der Waals surface area contributed by atoms with Crippen LogP contribution in [0.2, 0.25) is 45.2 Å².